The molecule has 2 aromatic carbocycles. The predicted octanol–water partition coefficient (Wildman–Crippen LogP) is 3.40. The van der Waals surface area contributed by atoms with E-state index in [2.05, 4.69) is 15.6 Å². The van der Waals surface area contributed by atoms with Crippen molar-refractivity contribution in [3.63, 3.8) is 0 Å². The molecule has 0 atom stereocenters. The maximum absolute atomic E-state index is 12.1. The molecule has 0 aliphatic carbocycles. The Balaban J connectivity index is 0.00000392. The Labute approximate surface area is 188 Å². The predicted molar refractivity (Wildman–Crippen MR) is 125 cm³/mol. The summed E-state index contributed by atoms with van der Waals surface area (Å²) < 4.78 is 5.39. The molecule has 0 aromatic heterocycles. The second-order valence-electron chi connectivity index (χ2n) is 5.88. The number of aliphatic imine (C=N–C) groups is 1. The lowest BCUT2D eigenvalue weighted by Crippen LogP contribution is -2.42. The van der Waals surface area contributed by atoms with Gasteiger partial charge < -0.3 is 20.3 Å². The van der Waals surface area contributed by atoms with Crippen molar-refractivity contribution in [3.8, 4) is 5.75 Å². The summed E-state index contributed by atoms with van der Waals surface area (Å²) in [7, 11) is 5.33. The molecule has 0 aliphatic heterocycles. The van der Waals surface area contributed by atoms with E-state index in [-0.39, 0.29) is 29.9 Å². The number of methoxy groups -OCH3 is 1. The van der Waals surface area contributed by atoms with E-state index in [0.717, 1.165) is 17.3 Å². The van der Waals surface area contributed by atoms with Gasteiger partial charge in [-0.2, -0.15) is 0 Å². The van der Waals surface area contributed by atoms with Crippen molar-refractivity contribution in [1.82, 2.24) is 15.5 Å². The van der Waals surface area contributed by atoms with Gasteiger partial charge in [0.15, 0.2) is 5.96 Å². The number of hydrogen-bond acceptors (Lipinski definition) is 3. The molecule has 8 heteroatoms. The molecule has 0 spiro atoms. The van der Waals surface area contributed by atoms with Crippen LogP contribution in [0.5, 0.6) is 5.75 Å². The van der Waals surface area contributed by atoms with Crippen LogP contribution in [-0.2, 0) is 6.54 Å². The van der Waals surface area contributed by atoms with Gasteiger partial charge in [-0.15, -0.1) is 24.0 Å². The van der Waals surface area contributed by atoms with Gasteiger partial charge in [-0.05, 0) is 18.2 Å². The van der Waals surface area contributed by atoms with E-state index in [9.17, 15) is 4.79 Å². The lowest BCUT2D eigenvalue weighted by molar-refractivity contribution is 0.0954. The van der Waals surface area contributed by atoms with Crippen LogP contribution in [0.15, 0.2) is 53.5 Å². The summed E-state index contributed by atoms with van der Waals surface area (Å²) in [5, 5.41) is 6.52. The smallest absolute Gasteiger partial charge is 0.252 e. The molecule has 6 nitrogen and oxygen atoms in total. The Morgan fingerprint density at radius 2 is 1.75 bits per heavy atom. The van der Waals surface area contributed by atoms with Crippen molar-refractivity contribution in [2.75, 3.05) is 34.3 Å². The number of hydrogen-bond donors (Lipinski definition) is 2. The van der Waals surface area contributed by atoms with E-state index in [0.29, 0.717) is 30.2 Å². The van der Waals surface area contributed by atoms with Crippen LogP contribution >= 0.6 is 35.6 Å². The van der Waals surface area contributed by atoms with E-state index in [1.165, 1.54) is 0 Å². The number of rotatable bonds is 7. The quantitative estimate of drug-likeness (QED) is 0.256. The van der Waals surface area contributed by atoms with Crippen molar-refractivity contribution in [2.45, 2.75) is 6.54 Å². The molecule has 28 heavy (non-hydrogen) atoms. The fourth-order valence-electron chi connectivity index (χ4n) is 2.64. The van der Waals surface area contributed by atoms with Crippen LogP contribution in [0.4, 0.5) is 0 Å². The third kappa shape index (κ3) is 6.87. The van der Waals surface area contributed by atoms with Gasteiger partial charge in [0, 0.05) is 39.3 Å². The fourth-order valence-corrected chi connectivity index (χ4v) is 2.86. The molecule has 0 radical (unpaired) electrons. The minimum atomic E-state index is -0.195. The van der Waals surface area contributed by atoms with Crippen molar-refractivity contribution in [2.24, 2.45) is 4.99 Å². The number of carbonyl (C=O) groups excluding carboxylic acids is 1. The molecule has 0 saturated heterocycles. The Morgan fingerprint density at radius 3 is 2.43 bits per heavy atom. The standard InChI is InChI=1S/C20H25ClN4O2.HI/c1-22-20(25(2)14-15-8-4-7-11-18(15)27-3)24-13-12-23-19(26)16-9-5-6-10-17(16)21;/h4-11H,12-14H2,1-3H3,(H,22,24)(H,23,26);1H. The van der Waals surface area contributed by atoms with Gasteiger partial charge in [0.05, 0.1) is 17.7 Å². The molecule has 2 aromatic rings. The van der Waals surface area contributed by atoms with Crippen LogP contribution in [0.3, 0.4) is 0 Å². The van der Waals surface area contributed by atoms with E-state index in [1.807, 2.05) is 36.2 Å². The Morgan fingerprint density at radius 1 is 1.11 bits per heavy atom. The molecule has 0 aliphatic rings. The third-order valence-corrected chi connectivity index (χ3v) is 4.32. The minimum Gasteiger partial charge on any atom is -0.496 e. The number of benzene rings is 2. The highest BCUT2D eigenvalue weighted by molar-refractivity contribution is 14.0. The largest absolute Gasteiger partial charge is 0.496 e. The molecule has 2 N–H and O–H groups in total. The number of ether oxygens (including phenoxy) is 1. The molecule has 0 bridgehead atoms. The zero-order valence-electron chi connectivity index (χ0n) is 16.2. The summed E-state index contributed by atoms with van der Waals surface area (Å²) in [6, 6.07) is 14.9. The van der Waals surface area contributed by atoms with Crippen LogP contribution in [0.25, 0.3) is 0 Å². The van der Waals surface area contributed by atoms with Gasteiger partial charge in [-0.1, -0.05) is 41.9 Å². The second-order valence-corrected chi connectivity index (χ2v) is 6.28. The van der Waals surface area contributed by atoms with Crippen LogP contribution in [0.2, 0.25) is 5.02 Å². The summed E-state index contributed by atoms with van der Waals surface area (Å²) >= 11 is 6.04. The van der Waals surface area contributed by atoms with Crippen LogP contribution in [0, 0.1) is 0 Å². The van der Waals surface area contributed by atoms with Gasteiger partial charge in [-0.25, -0.2) is 0 Å². The Bertz CT molecular complexity index is 801. The molecule has 152 valence electrons. The zero-order valence-corrected chi connectivity index (χ0v) is 19.3. The van der Waals surface area contributed by atoms with E-state index >= 15 is 0 Å². The first kappa shape index (κ1) is 24.0. The van der Waals surface area contributed by atoms with Crippen molar-refractivity contribution in [3.05, 3.63) is 64.7 Å². The highest BCUT2D eigenvalue weighted by atomic mass is 127. The lowest BCUT2D eigenvalue weighted by atomic mass is 10.2. The number of amides is 1. The van der Waals surface area contributed by atoms with E-state index in [4.69, 9.17) is 16.3 Å². The first-order chi connectivity index (χ1) is 13.1. The Hall–Kier alpha value is -2.00. The molecule has 0 unspecified atom stereocenters. The summed E-state index contributed by atoms with van der Waals surface area (Å²) in [5.41, 5.74) is 1.54. The average Bonchev–Trinajstić information content (AvgIpc) is 2.68. The second kappa shape index (κ2) is 12.5. The summed E-state index contributed by atoms with van der Waals surface area (Å²) in [6.45, 7) is 1.64. The molecular formula is C20H26ClIN4O2. The maximum atomic E-state index is 12.1. The molecule has 0 fully saturated rings. The Kier molecular flexibility index (Phi) is 10.7. The number of carbonyl (C=O) groups is 1. The third-order valence-electron chi connectivity index (χ3n) is 3.99. The average molecular weight is 517 g/mol. The molecule has 1 amide bonds. The van der Waals surface area contributed by atoms with Gasteiger partial charge in [0.1, 0.15) is 5.75 Å². The molecule has 0 heterocycles. The maximum Gasteiger partial charge on any atom is 0.252 e. The summed E-state index contributed by atoms with van der Waals surface area (Å²) in [5.74, 6) is 1.37. The molecule has 2 rings (SSSR count). The minimum absolute atomic E-state index is 0. The topological polar surface area (TPSA) is 66.0 Å². The SMILES string of the molecule is CN=C(NCCNC(=O)c1ccccc1Cl)N(C)Cc1ccccc1OC.I. The van der Waals surface area contributed by atoms with Gasteiger partial charge in [0.2, 0.25) is 0 Å². The lowest BCUT2D eigenvalue weighted by Gasteiger charge is -2.23. The van der Waals surface area contributed by atoms with Crippen LogP contribution in [0.1, 0.15) is 15.9 Å². The van der Waals surface area contributed by atoms with Crippen LogP contribution in [-0.4, -0.2) is 51.1 Å². The highest BCUT2D eigenvalue weighted by Crippen LogP contribution is 2.18. The normalized spacial score (nSPS) is 10.6. The fraction of sp³-hybridized carbons (Fsp3) is 0.300. The van der Waals surface area contributed by atoms with E-state index < -0.39 is 0 Å². The highest BCUT2D eigenvalue weighted by Gasteiger charge is 2.11. The summed E-state index contributed by atoms with van der Waals surface area (Å²) in [6.07, 6.45) is 0. The number of halogens is 2. The number of guanidine groups is 1. The van der Waals surface area contributed by atoms with Crippen LogP contribution < -0.4 is 15.4 Å². The van der Waals surface area contributed by atoms with Gasteiger partial charge in [0.25, 0.3) is 5.91 Å². The number of para-hydroxylation sites is 1. The van der Waals surface area contributed by atoms with Crippen molar-refractivity contribution in [1.29, 1.82) is 0 Å². The number of nitrogens with one attached hydrogen (secondary N) is 2. The molecular weight excluding hydrogens is 491 g/mol. The first-order valence-corrected chi connectivity index (χ1v) is 9.01. The van der Waals surface area contributed by atoms with Crippen molar-refractivity contribution < 1.29 is 9.53 Å². The summed E-state index contributed by atoms with van der Waals surface area (Å²) in [4.78, 5) is 18.4. The monoisotopic (exact) mass is 516 g/mol. The number of nitrogens with zero attached hydrogens (tertiary/aromatic N) is 2. The first-order valence-electron chi connectivity index (χ1n) is 8.63. The van der Waals surface area contributed by atoms with Crippen molar-refractivity contribution >= 4 is 47.4 Å². The molecule has 0 saturated carbocycles. The van der Waals surface area contributed by atoms with Gasteiger partial charge in [-0.3, -0.25) is 9.79 Å². The zero-order chi connectivity index (χ0) is 19.6. The van der Waals surface area contributed by atoms with Gasteiger partial charge >= 0.3 is 0 Å². The van der Waals surface area contributed by atoms with E-state index in [1.54, 1.807) is 38.4 Å².